The Labute approximate surface area is 115 Å². The number of phenolic OH excluding ortho intramolecular Hbond substituents is 1. The van der Waals surface area contributed by atoms with E-state index in [0.29, 0.717) is 5.65 Å². The molecule has 1 aromatic carbocycles. The molecule has 2 aromatic heterocycles. The van der Waals surface area contributed by atoms with Crippen molar-refractivity contribution in [3.63, 3.8) is 0 Å². The van der Waals surface area contributed by atoms with Crippen molar-refractivity contribution in [2.75, 3.05) is 0 Å². The van der Waals surface area contributed by atoms with E-state index in [0.717, 1.165) is 16.8 Å². The van der Waals surface area contributed by atoms with Crippen LogP contribution in [0.3, 0.4) is 0 Å². The Balaban J connectivity index is 0.000000810. The number of halogens is 2. The Morgan fingerprint density at radius 1 is 1.00 bits per heavy atom. The first-order valence-electron chi connectivity index (χ1n) is 4.80. The molecule has 0 aliphatic rings. The molecule has 0 fully saturated rings. The van der Waals surface area contributed by atoms with Crippen LogP contribution in [0, 0.1) is 0 Å². The van der Waals surface area contributed by atoms with Crippen LogP contribution in [0.4, 0.5) is 0 Å². The first-order valence-corrected chi connectivity index (χ1v) is 4.80. The minimum Gasteiger partial charge on any atom is -0.508 e. The normalized spacial score (nSPS) is 9.56. The molecule has 0 radical (unpaired) electrons. The van der Waals surface area contributed by atoms with Gasteiger partial charge in [0.15, 0.2) is 0 Å². The topological polar surface area (TPSA) is 74.7 Å². The number of aromatic hydroxyl groups is 1. The van der Waals surface area contributed by atoms with E-state index in [1.54, 1.807) is 18.2 Å². The Hall–Kier alpha value is -1.85. The number of benzene rings is 1. The second-order valence-electron chi connectivity index (χ2n) is 3.41. The van der Waals surface area contributed by atoms with Crippen LogP contribution in [0.25, 0.3) is 22.4 Å². The predicted molar refractivity (Wildman–Crippen MR) is 73.3 cm³/mol. The molecule has 0 amide bonds. The molecule has 3 aromatic rings. The fourth-order valence-corrected chi connectivity index (χ4v) is 1.56. The van der Waals surface area contributed by atoms with Crippen molar-refractivity contribution in [3.8, 4) is 17.0 Å². The summed E-state index contributed by atoms with van der Waals surface area (Å²) in [6.45, 7) is 0. The number of nitrogens with one attached hydrogen (secondary N) is 1. The van der Waals surface area contributed by atoms with E-state index < -0.39 is 0 Å². The number of aromatic amines is 1. The van der Waals surface area contributed by atoms with Gasteiger partial charge in [-0.15, -0.1) is 29.9 Å². The molecule has 0 bridgehead atoms. The quantitative estimate of drug-likeness (QED) is 0.720. The molecule has 94 valence electrons. The average molecular weight is 285 g/mol. The number of nitrogens with zero attached hydrogens (tertiary/aromatic N) is 3. The molecule has 0 aliphatic carbocycles. The van der Waals surface area contributed by atoms with Gasteiger partial charge in [-0.05, 0) is 24.3 Å². The first kappa shape index (κ1) is 14.2. The van der Waals surface area contributed by atoms with Crippen LogP contribution in [-0.2, 0) is 0 Å². The van der Waals surface area contributed by atoms with Gasteiger partial charge in [0.2, 0.25) is 5.65 Å². The third kappa shape index (κ3) is 2.52. The maximum absolute atomic E-state index is 9.39. The van der Waals surface area contributed by atoms with Crippen molar-refractivity contribution < 1.29 is 5.11 Å². The number of aromatic nitrogens is 4. The maximum Gasteiger partial charge on any atom is 0.202 e. The number of rotatable bonds is 1. The SMILES string of the molecule is Cl.Cl.Oc1cccc(-c2ccc3n[nH]nc3n2)c1. The van der Waals surface area contributed by atoms with Gasteiger partial charge in [-0.1, -0.05) is 12.1 Å². The molecular formula is C11H10Cl2N4O. The molecule has 5 nitrogen and oxygen atoms in total. The molecule has 2 heterocycles. The van der Waals surface area contributed by atoms with Crippen molar-refractivity contribution in [2.45, 2.75) is 0 Å². The predicted octanol–water partition coefficient (Wildman–Crippen LogP) is 2.57. The second-order valence-corrected chi connectivity index (χ2v) is 3.41. The molecule has 0 saturated heterocycles. The molecule has 0 spiro atoms. The minimum absolute atomic E-state index is 0. The Kier molecular flexibility index (Phi) is 4.47. The number of hydrogen-bond donors (Lipinski definition) is 2. The van der Waals surface area contributed by atoms with Crippen LogP contribution in [0.15, 0.2) is 36.4 Å². The van der Waals surface area contributed by atoms with Gasteiger partial charge in [0.1, 0.15) is 11.3 Å². The zero-order valence-corrected chi connectivity index (χ0v) is 10.7. The summed E-state index contributed by atoms with van der Waals surface area (Å²) < 4.78 is 0. The van der Waals surface area contributed by atoms with E-state index in [2.05, 4.69) is 20.4 Å². The van der Waals surface area contributed by atoms with Gasteiger partial charge in [0.25, 0.3) is 0 Å². The number of pyridine rings is 1. The summed E-state index contributed by atoms with van der Waals surface area (Å²) >= 11 is 0. The highest BCUT2D eigenvalue weighted by atomic mass is 35.5. The third-order valence-corrected chi connectivity index (χ3v) is 2.32. The van der Waals surface area contributed by atoms with E-state index >= 15 is 0 Å². The standard InChI is InChI=1S/C11H8N4O.2ClH/c16-8-3-1-2-7(6-8)9-4-5-10-11(12-9)14-15-13-10;;/h1-6,16H,(H,12,13,14,15);2*1H. The summed E-state index contributed by atoms with van der Waals surface area (Å²) in [7, 11) is 0. The number of phenols is 1. The van der Waals surface area contributed by atoms with Crippen LogP contribution >= 0.6 is 24.8 Å². The highest BCUT2D eigenvalue weighted by Gasteiger charge is 2.04. The zero-order chi connectivity index (χ0) is 11.0. The molecule has 0 aliphatic heterocycles. The molecular weight excluding hydrogens is 275 g/mol. The maximum atomic E-state index is 9.39. The van der Waals surface area contributed by atoms with Crippen LogP contribution in [-0.4, -0.2) is 25.5 Å². The lowest BCUT2D eigenvalue weighted by atomic mass is 10.1. The van der Waals surface area contributed by atoms with E-state index in [-0.39, 0.29) is 30.6 Å². The average Bonchev–Trinajstić information content (AvgIpc) is 2.75. The van der Waals surface area contributed by atoms with Crippen LogP contribution in [0.5, 0.6) is 5.75 Å². The zero-order valence-electron chi connectivity index (χ0n) is 9.07. The van der Waals surface area contributed by atoms with Gasteiger partial charge in [0.05, 0.1) is 5.69 Å². The van der Waals surface area contributed by atoms with E-state index in [4.69, 9.17) is 0 Å². The van der Waals surface area contributed by atoms with Gasteiger partial charge in [-0.25, -0.2) is 4.98 Å². The van der Waals surface area contributed by atoms with Crippen molar-refractivity contribution in [1.29, 1.82) is 0 Å². The lowest BCUT2D eigenvalue weighted by Gasteiger charge is -2.00. The van der Waals surface area contributed by atoms with Gasteiger partial charge in [-0.3, -0.25) is 0 Å². The van der Waals surface area contributed by atoms with Gasteiger partial charge in [0, 0.05) is 5.56 Å². The summed E-state index contributed by atoms with van der Waals surface area (Å²) in [6, 6.07) is 10.6. The summed E-state index contributed by atoms with van der Waals surface area (Å²) in [4.78, 5) is 4.33. The van der Waals surface area contributed by atoms with E-state index in [9.17, 15) is 5.11 Å². The van der Waals surface area contributed by atoms with E-state index in [1.165, 1.54) is 0 Å². The lowest BCUT2D eigenvalue weighted by molar-refractivity contribution is 0.475. The van der Waals surface area contributed by atoms with Crippen molar-refractivity contribution in [3.05, 3.63) is 36.4 Å². The van der Waals surface area contributed by atoms with Crippen LogP contribution in [0.2, 0.25) is 0 Å². The second kappa shape index (κ2) is 5.66. The molecule has 0 saturated carbocycles. The van der Waals surface area contributed by atoms with Crippen LogP contribution in [0.1, 0.15) is 0 Å². The Morgan fingerprint density at radius 2 is 1.83 bits per heavy atom. The lowest BCUT2D eigenvalue weighted by Crippen LogP contribution is -1.84. The molecule has 2 N–H and O–H groups in total. The fraction of sp³-hybridized carbons (Fsp3) is 0. The molecule has 18 heavy (non-hydrogen) atoms. The van der Waals surface area contributed by atoms with Gasteiger partial charge in [-0.2, -0.15) is 10.3 Å². The van der Waals surface area contributed by atoms with Gasteiger partial charge >= 0.3 is 0 Å². The molecule has 7 heteroatoms. The third-order valence-electron chi connectivity index (χ3n) is 2.32. The Morgan fingerprint density at radius 3 is 2.61 bits per heavy atom. The highest BCUT2D eigenvalue weighted by Crippen LogP contribution is 2.22. The largest absolute Gasteiger partial charge is 0.508 e. The molecule has 3 rings (SSSR count). The van der Waals surface area contributed by atoms with Crippen molar-refractivity contribution in [1.82, 2.24) is 20.4 Å². The highest BCUT2D eigenvalue weighted by molar-refractivity contribution is 5.85. The summed E-state index contributed by atoms with van der Waals surface area (Å²) in [5.74, 6) is 0.222. The van der Waals surface area contributed by atoms with E-state index in [1.807, 2.05) is 18.2 Å². The summed E-state index contributed by atoms with van der Waals surface area (Å²) in [6.07, 6.45) is 0. The monoisotopic (exact) mass is 284 g/mol. The minimum atomic E-state index is 0. The fourth-order valence-electron chi connectivity index (χ4n) is 1.56. The molecule has 0 atom stereocenters. The Bertz CT molecular complexity index is 656. The number of hydrogen-bond acceptors (Lipinski definition) is 4. The van der Waals surface area contributed by atoms with Crippen LogP contribution < -0.4 is 0 Å². The summed E-state index contributed by atoms with van der Waals surface area (Å²) in [5.41, 5.74) is 2.91. The summed E-state index contributed by atoms with van der Waals surface area (Å²) in [5, 5.41) is 19.7. The molecule has 0 unspecified atom stereocenters. The van der Waals surface area contributed by atoms with Gasteiger partial charge < -0.3 is 5.11 Å². The van der Waals surface area contributed by atoms with Crippen molar-refractivity contribution >= 4 is 36.0 Å². The smallest absolute Gasteiger partial charge is 0.202 e. The number of H-pyrrole nitrogens is 1. The number of fused-ring (bicyclic) bond motifs is 1. The first-order chi connectivity index (χ1) is 7.83. The van der Waals surface area contributed by atoms with Crippen molar-refractivity contribution in [2.24, 2.45) is 0 Å².